The molecule has 2 aliphatic heterocycles. The van der Waals surface area contributed by atoms with E-state index in [0.29, 0.717) is 12.1 Å². The molecule has 2 saturated heterocycles. The van der Waals surface area contributed by atoms with Crippen molar-refractivity contribution >= 4 is 16.5 Å². The zero-order chi connectivity index (χ0) is 9.54. The van der Waals surface area contributed by atoms with Gasteiger partial charge in [0.1, 0.15) is 0 Å². The molecule has 3 nitrogen and oxygen atoms in total. The molecule has 0 aliphatic carbocycles. The van der Waals surface area contributed by atoms with Crippen LogP contribution in [-0.2, 0) is 0 Å². The fourth-order valence-electron chi connectivity index (χ4n) is 2.80. The molecule has 1 aromatic rings. The maximum Gasteiger partial charge on any atom is 0.223 e. The van der Waals surface area contributed by atoms with Crippen molar-refractivity contribution in [3.63, 3.8) is 0 Å². The average molecular weight is 210 g/mol. The van der Waals surface area contributed by atoms with Crippen LogP contribution in [-0.4, -0.2) is 22.2 Å². The van der Waals surface area contributed by atoms with Gasteiger partial charge in [0.15, 0.2) is 5.13 Å². The topological polar surface area (TPSA) is 36.4 Å². The summed E-state index contributed by atoms with van der Waals surface area (Å²) in [5.41, 5.74) is 0. The fraction of sp³-hybridized carbons (Fsp3) is 0.700. The predicted molar refractivity (Wildman–Crippen MR) is 56.9 cm³/mol. The van der Waals surface area contributed by atoms with Gasteiger partial charge in [-0.15, -0.1) is 11.3 Å². The van der Waals surface area contributed by atoms with E-state index in [1.165, 1.54) is 32.1 Å². The summed E-state index contributed by atoms with van der Waals surface area (Å²) >= 11 is 1.57. The van der Waals surface area contributed by atoms with Crippen LogP contribution >= 0.6 is 11.3 Å². The summed E-state index contributed by atoms with van der Waals surface area (Å²) in [6.07, 6.45) is 6.59. The van der Waals surface area contributed by atoms with Crippen LogP contribution in [0.3, 0.4) is 0 Å². The van der Waals surface area contributed by atoms with Crippen molar-refractivity contribution in [2.24, 2.45) is 0 Å². The number of aromatic hydroxyl groups is 1. The highest BCUT2D eigenvalue weighted by Gasteiger charge is 2.37. The number of hydrogen-bond donors (Lipinski definition) is 1. The SMILES string of the molecule is Oc1csc(N2C3CCCC2CC3)n1. The van der Waals surface area contributed by atoms with Crippen molar-refractivity contribution in [1.82, 2.24) is 4.98 Å². The molecule has 0 radical (unpaired) electrons. The number of aromatic nitrogens is 1. The first kappa shape index (κ1) is 8.53. The first-order chi connectivity index (χ1) is 6.84. The van der Waals surface area contributed by atoms with E-state index in [-0.39, 0.29) is 5.88 Å². The summed E-state index contributed by atoms with van der Waals surface area (Å²) in [4.78, 5) is 6.61. The molecule has 0 aromatic carbocycles. The van der Waals surface area contributed by atoms with Gasteiger partial charge in [0, 0.05) is 12.1 Å². The summed E-state index contributed by atoms with van der Waals surface area (Å²) < 4.78 is 0. The molecular formula is C10H14N2OS. The molecular weight excluding hydrogens is 196 g/mol. The second-order valence-electron chi connectivity index (χ2n) is 4.21. The third kappa shape index (κ3) is 1.21. The van der Waals surface area contributed by atoms with Gasteiger partial charge in [0.25, 0.3) is 0 Å². The van der Waals surface area contributed by atoms with Crippen LogP contribution in [0.1, 0.15) is 32.1 Å². The Hall–Kier alpha value is -0.770. The minimum Gasteiger partial charge on any atom is -0.493 e. The highest BCUT2D eigenvalue weighted by atomic mass is 32.1. The molecule has 0 amide bonds. The third-order valence-electron chi connectivity index (χ3n) is 3.40. The van der Waals surface area contributed by atoms with Crippen molar-refractivity contribution in [1.29, 1.82) is 0 Å². The largest absolute Gasteiger partial charge is 0.493 e. The van der Waals surface area contributed by atoms with E-state index in [2.05, 4.69) is 9.88 Å². The smallest absolute Gasteiger partial charge is 0.223 e. The zero-order valence-corrected chi connectivity index (χ0v) is 8.83. The van der Waals surface area contributed by atoms with Crippen LogP contribution in [0.15, 0.2) is 5.38 Å². The van der Waals surface area contributed by atoms with Gasteiger partial charge in [-0.05, 0) is 32.1 Å². The summed E-state index contributed by atoms with van der Waals surface area (Å²) in [6.45, 7) is 0. The molecule has 0 saturated carbocycles. The lowest BCUT2D eigenvalue weighted by Gasteiger charge is -2.34. The normalized spacial score (nSPS) is 31.0. The molecule has 2 bridgehead atoms. The number of piperidine rings is 1. The molecule has 14 heavy (non-hydrogen) atoms. The second kappa shape index (κ2) is 3.12. The minimum absolute atomic E-state index is 0.176. The maximum atomic E-state index is 9.25. The first-order valence-corrected chi connectivity index (χ1v) is 6.15. The van der Waals surface area contributed by atoms with Crippen molar-refractivity contribution in [3.8, 4) is 5.88 Å². The molecule has 4 heteroatoms. The van der Waals surface area contributed by atoms with Crippen LogP contribution in [0.4, 0.5) is 5.13 Å². The Morgan fingerprint density at radius 1 is 1.29 bits per heavy atom. The Balaban J connectivity index is 1.91. The van der Waals surface area contributed by atoms with Crippen LogP contribution in [0, 0.1) is 0 Å². The van der Waals surface area contributed by atoms with Crippen molar-refractivity contribution in [2.45, 2.75) is 44.2 Å². The number of rotatable bonds is 1. The van der Waals surface area contributed by atoms with Gasteiger partial charge in [-0.1, -0.05) is 0 Å². The monoisotopic (exact) mass is 210 g/mol. The Labute approximate surface area is 87.4 Å². The second-order valence-corrected chi connectivity index (χ2v) is 5.05. The van der Waals surface area contributed by atoms with Crippen LogP contribution < -0.4 is 4.90 Å². The lowest BCUT2D eigenvalue weighted by Crippen LogP contribution is -2.39. The molecule has 2 fully saturated rings. The van der Waals surface area contributed by atoms with E-state index in [1.807, 2.05) is 0 Å². The van der Waals surface area contributed by atoms with Gasteiger partial charge >= 0.3 is 0 Å². The van der Waals surface area contributed by atoms with Crippen molar-refractivity contribution in [2.75, 3.05) is 4.90 Å². The van der Waals surface area contributed by atoms with Gasteiger partial charge in [0.05, 0.1) is 5.38 Å². The minimum atomic E-state index is 0.176. The maximum absolute atomic E-state index is 9.25. The average Bonchev–Trinajstić information content (AvgIpc) is 2.68. The van der Waals surface area contributed by atoms with Crippen molar-refractivity contribution < 1.29 is 5.11 Å². The highest BCUT2D eigenvalue weighted by Crippen LogP contribution is 2.40. The number of nitrogens with zero attached hydrogens (tertiary/aromatic N) is 2. The van der Waals surface area contributed by atoms with Crippen molar-refractivity contribution in [3.05, 3.63) is 5.38 Å². The molecule has 3 heterocycles. The Morgan fingerprint density at radius 3 is 2.57 bits per heavy atom. The van der Waals surface area contributed by atoms with Gasteiger partial charge < -0.3 is 10.0 Å². The van der Waals surface area contributed by atoms with Crippen LogP contribution in [0.25, 0.3) is 0 Å². The molecule has 2 unspecified atom stereocenters. The molecule has 1 aromatic heterocycles. The molecule has 3 rings (SSSR count). The van der Waals surface area contributed by atoms with E-state index in [1.54, 1.807) is 16.7 Å². The molecule has 76 valence electrons. The molecule has 2 aliphatic rings. The number of anilines is 1. The molecule has 0 spiro atoms. The predicted octanol–water partition coefficient (Wildman–Crippen LogP) is 2.37. The van der Waals surface area contributed by atoms with Gasteiger partial charge in [-0.25, -0.2) is 0 Å². The van der Waals surface area contributed by atoms with Crippen LogP contribution in [0.5, 0.6) is 5.88 Å². The Kier molecular flexibility index (Phi) is 1.90. The summed E-state index contributed by atoms with van der Waals surface area (Å²) in [5.74, 6) is 0.176. The van der Waals surface area contributed by atoms with Crippen LogP contribution in [0.2, 0.25) is 0 Å². The highest BCUT2D eigenvalue weighted by molar-refractivity contribution is 7.13. The third-order valence-corrected chi connectivity index (χ3v) is 4.24. The van der Waals surface area contributed by atoms with E-state index < -0.39 is 0 Å². The number of thiazole rings is 1. The lowest BCUT2D eigenvalue weighted by molar-refractivity contribution is 0.447. The Bertz CT molecular complexity index is 323. The number of fused-ring (bicyclic) bond motifs is 2. The summed E-state index contributed by atoms with van der Waals surface area (Å²) in [7, 11) is 0. The van der Waals surface area contributed by atoms with E-state index in [4.69, 9.17) is 0 Å². The summed E-state index contributed by atoms with van der Waals surface area (Å²) in [5, 5.41) is 12.0. The number of hydrogen-bond acceptors (Lipinski definition) is 4. The van der Waals surface area contributed by atoms with E-state index in [0.717, 1.165) is 5.13 Å². The van der Waals surface area contributed by atoms with E-state index >= 15 is 0 Å². The first-order valence-electron chi connectivity index (χ1n) is 5.27. The Morgan fingerprint density at radius 2 is 2.00 bits per heavy atom. The van der Waals surface area contributed by atoms with Gasteiger partial charge in [-0.2, -0.15) is 4.98 Å². The standard InChI is InChI=1S/C10H14N2OS/c13-9-6-14-10(11-9)12-7-2-1-3-8(12)5-4-7/h6-8,13H,1-5H2. The molecule has 1 N–H and O–H groups in total. The zero-order valence-electron chi connectivity index (χ0n) is 8.02. The van der Waals surface area contributed by atoms with Gasteiger partial charge in [-0.3, -0.25) is 0 Å². The van der Waals surface area contributed by atoms with E-state index in [9.17, 15) is 5.11 Å². The molecule has 2 atom stereocenters. The van der Waals surface area contributed by atoms with Gasteiger partial charge in [0.2, 0.25) is 5.88 Å². The lowest BCUT2D eigenvalue weighted by atomic mass is 10.0. The fourth-order valence-corrected chi connectivity index (χ4v) is 3.63. The quantitative estimate of drug-likeness (QED) is 0.773. The summed E-state index contributed by atoms with van der Waals surface area (Å²) in [6, 6.07) is 1.39.